The first kappa shape index (κ1) is 15.7. The van der Waals surface area contributed by atoms with Gasteiger partial charge in [0.05, 0.1) is 5.69 Å². The van der Waals surface area contributed by atoms with Gasteiger partial charge in [-0.25, -0.2) is 4.39 Å². The maximum absolute atomic E-state index is 14.4. The fourth-order valence-corrected chi connectivity index (χ4v) is 2.62. The summed E-state index contributed by atoms with van der Waals surface area (Å²) in [6, 6.07) is 7.67. The minimum absolute atomic E-state index is 0.0324. The lowest BCUT2D eigenvalue weighted by Gasteiger charge is -2.19. The Bertz CT molecular complexity index is 604. The van der Waals surface area contributed by atoms with Gasteiger partial charge in [-0.1, -0.05) is 32.0 Å². The zero-order chi connectivity index (χ0) is 15.4. The third-order valence-electron chi connectivity index (χ3n) is 3.85. The zero-order valence-electron chi connectivity index (χ0n) is 13.3. The molecule has 0 spiro atoms. The Labute approximate surface area is 126 Å². The fourth-order valence-electron chi connectivity index (χ4n) is 2.62. The number of benzene rings is 1. The minimum atomic E-state index is -0.110. The number of hydrogen-bond acceptors (Lipinski definition) is 2. The van der Waals surface area contributed by atoms with Crippen molar-refractivity contribution in [1.29, 1.82) is 0 Å². The van der Waals surface area contributed by atoms with Gasteiger partial charge < -0.3 is 5.32 Å². The van der Waals surface area contributed by atoms with Crippen LogP contribution in [-0.4, -0.2) is 16.3 Å². The number of nitrogens with one attached hydrogen (secondary N) is 1. The molecule has 1 aromatic carbocycles. The van der Waals surface area contributed by atoms with E-state index < -0.39 is 0 Å². The van der Waals surface area contributed by atoms with Crippen molar-refractivity contribution >= 4 is 0 Å². The molecule has 1 aromatic heterocycles. The molecule has 0 fully saturated rings. The first-order valence-electron chi connectivity index (χ1n) is 7.57. The van der Waals surface area contributed by atoms with Crippen LogP contribution >= 0.6 is 0 Å². The molecule has 0 amide bonds. The van der Waals surface area contributed by atoms with Crippen molar-refractivity contribution in [3.05, 3.63) is 52.6 Å². The fraction of sp³-hybridized carbons (Fsp3) is 0.471. The van der Waals surface area contributed by atoms with Gasteiger partial charge in [0.2, 0.25) is 0 Å². The molecule has 1 atom stereocenters. The van der Waals surface area contributed by atoms with Crippen LogP contribution in [0.1, 0.15) is 42.4 Å². The van der Waals surface area contributed by atoms with Crippen LogP contribution in [0.4, 0.5) is 4.39 Å². The molecule has 0 saturated heterocycles. The van der Waals surface area contributed by atoms with Crippen molar-refractivity contribution < 1.29 is 4.39 Å². The topological polar surface area (TPSA) is 29.9 Å². The highest BCUT2D eigenvalue weighted by Crippen LogP contribution is 2.23. The molecule has 114 valence electrons. The molecule has 0 aliphatic heterocycles. The Morgan fingerprint density at radius 3 is 2.71 bits per heavy atom. The molecule has 4 heteroatoms. The molecule has 0 saturated carbocycles. The molecule has 21 heavy (non-hydrogen) atoms. The molecule has 1 heterocycles. The molecule has 3 nitrogen and oxygen atoms in total. The Morgan fingerprint density at radius 2 is 2.10 bits per heavy atom. The van der Waals surface area contributed by atoms with Gasteiger partial charge in [0.1, 0.15) is 5.82 Å². The number of nitrogens with zero attached hydrogens (tertiary/aromatic N) is 2. The van der Waals surface area contributed by atoms with Crippen LogP contribution in [0.2, 0.25) is 0 Å². The number of rotatable bonds is 6. The molecule has 2 rings (SSSR count). The summed E-state index contributed by atoms with van der Waals surface area (Å²) in [6.07, 6.45) is 1.65. The minimum Gasteiger partial charge on any atom is -0.310 e. The number of aromatic nitrogens is 2. The average Bonchev–Trinajstić information content (AvgIpc) is 2.82. The maximum Gasteiger partial charge on any atom is 0.130 e. The average molecular weight is 289 g/mol. The third-order valence-corrected chi connectivity index (χ3v) is 3.85. The molecule has 1 unspecified atom stereocenters. The summed E-state index contributed by atoms with van der Waals surface area (Å²) in [5, 5.41) is 7.86. The quantitative estimate of drug-likeness (QED) is 0.884. The SMILES string of the molecule is CCNC(Cc1cc(CC)nn1C)c1cccc(C)c1F. The highest BCUT2D eigenvalue weighted by Gasteiger charge is 2.18. The molecule has 0 bridgehead atoms. The van der Waals surface area contributed by atoms with Gasteiger partial charge in [-0.3, -0.25) is 4.68 Å². The lowest BCUT2D eigenvalue weighted by Crippen LogP contribution is -2.25. The van der Waals surface area contributed by atoms with E-state index in [0.29, 0.717) is 5.56 Å². The van der Waals surface area contributed by atoms with Crippen LogP contribution in [0, 0.1) is 12.7 Å². The van der Waals surface area contributed by atoms with Gasteiger partial charge in [0.25, 0.3) is 0 Å². The summed E-state index contributed by atoms with van der Waals surface area (Å²) in [6.45, 7) is 6.74. The summed E-state index contributed by atoms with van der Waals surface area (Å²) in [4.78, 5) is 0. The van der Waals surface area contributed by atoms with E-state index >= 15 is 0 Å². The van der Waals surface area contributed by atoms with E-state index in [9.17, 15) is 4.39 Å². The van der Waals surface area contributed by atoms with Gasteiger partial charge in [-0.05, 0) is 31.5 Å². The Hall–Kier alpha value is -1.68. The summed E-state index contributed by atoms with van der Waals surface area (Å²) < 4.78 is 16.3. The van der Waals surface area contributed by atoms with E-state index in [-0.39, 0.29) is 11.9 Å². The Balaban J connectivity index is 2.30. The lowest BCUT2D eigenvalue weighted by atomic mass is 9.99. The highest BCUT2D eigenvalue weighted by molar-refractivity contribution is 5.29. The van der Waals surface area contributed by atoms with E-state index in [1.54, 1.807) is 13.0 Å². The van der Waals surface area contributed by atoms with E-state index in [2.05, 4.69) is 23.4 Å². The van der Waals surface area contributed by atoms with E-state index in [4.69, 9.17) is 0 Å². The van der Waals surface area contributed by atoms with Crippen molar-refractivity contribution in [2.75, 3.05) is 6.54 Å². The highest BCUT2D eigenvalue weighted by atomic mass is 19.1. The van der Waals surface area contributed by atoms with Crippen LogP contribution in [0.5, 0.6) is 0 Å². The molecular formula is C17H24FN3. The number of halogens is 1. The van der Waals surface area contributed by atoms with Crippen molar-refractivity contribution in [3.8, 4) is 0 Å². The van der Waals surface area contributed by atoms with Crippen LogP contribution in [-0.2, 0) is 19.9 Å². The molecule has 0 aliphatic carbocycles. The van der Waals surface area contributed by atoms with Gasteiger partial charge in [-0.15, -0.1) is 0 Å². The number of aryl methyl sites for hydroxylation is 3. The summed E-state index contributed by atoms with van der Waals surface area (Å²) in [7, 11) is 1.95. The standard InChI is InChI=1S/C17H24FN3/c1-5-13-10-14(21(4)20-13)11-16(19-6-2)15-9-7-8-12(3)17(15)18/h7-10,16,19H,5-6,11H2,1-4H3. The molecule has 2 aromatic rings. The third kappa shape index (κ3) is 3.50. The van der Waals surface area contributed by atoms with Crippen LogP contribution in [0.15, 0.2) is 24.3 Å². The summed E-state index contributed by atoms with van der Waals surface area (Å²) in [5.41, 5.74) is 3.62. The molecule has 1 N–H and O–H groups in total. The smallest absolute Gasteiger partial charge is 0.130 e. The van der Waals surface area contributed by atoms with Gasteiger partial charge in [0.15, 0.2) is 0 Å². The van der Waals surface area contributed by atoms with Crippen molar-refractivity contribution in [1.82, 2.24) is 15.1 Å². The van der Waals surface area contributed by atoms with Gasteiger partial charge >= 0.3 is 0 Å². The summed E-state index contributed by atoms with van der Waals surface area (Å²) >= 11 is 0. The number of likely N-dealkylation sites (N-methyl/N-ethyl adjacent to an activating group) is 1. The summed E-state index contributed by atoms with van der Waals surface area (Å²) in [5.74, 6) is -0.110. The number of hydrogen-bond donors (Lipinski definition) is 1. The lowest BCUT2D eigenvalue weighted by molar-refractivity contribution is 0.494. The first-order valence-corrected chi connectivity index (χ1v) is 7.57. The van der Waals surface area contributed by atoms with E-state index in [0.717, 1.165) is 36.3 Å². The molecule has 0 radical (unpaired) electrons. The predicted octanol–water partition coefficient (Wildman–Crippen LogP) is 3.32. The van der Waals surface area contributed by atoms with Crippen LogP contribution < -0.4 is 5.32 Å². The van der Waals surface area contributed by atoms with E-state index in [1.165, 1.54) is 0 Å². The van der Waals surface area contributed by atoms with E-state index in [1.807, 2.05) is 30.8 Å². The van der Waals surface area contributed by atoms with Crippen LogP contribution in [0.3, 0.4) is 0 Å². The first-order chi connectivity index (χ1) is 10.1. The largest absolute Gasteiger partial charge is 0.310 e. The Morgan fingerprint density at radius 1 is 1.33 bits per heavy atom. The van der Waals surface area contributed by atoms with Gasteiger partial charge in [0, 0.05) is 30.8 Å². The normalized spacial score (nSPS) is 12.6. The van der Waals surface area contributed by atoms with Crippen molar-refractivity contribution in [2.45, 2.75) is 39.7 Å². The monoisotopic (exact) mass is 289 g/mol. The second-order valence-electron chi connectivity index (χ2n) is 5.40. The van der Waals surface area contributed by atoms with Crippen molar-refractivity contribution in [2.24, 2.45) is 7.05 Å². The van der Waals surface area contributed by atoms with Crippen LogP contribution in [0.25, 0.3) is 0 Å². The second kappa shape index (κ2) is 6.85. The second-order valence-corrected chi connectivity index (χ2v) is 5.40. The Kier molecular flexibility index (Phi) is 5.12. The van der Waals surface area contributed by atoms with Crippen molar-refractivity contribution in [3.63, 3.8) is 0 Å². The molecule has 0 aliphatic rings. The maximum atomic E-state index is 14.4. The molecular weight excluding hydrogens is 265 g/mol. The predicted molar refractivity (Wildman–Crippen MR) is 83.8 cm³/mol. The zero-order valence-corrected chi connectivity index (χ0v) is 13.3. The van der Waals surface area contributed by atoms with Gasteiger partial charge in [-0.2, -0.15) is 5.10 Å².